The predicted molar refractivity (Wildman–Crippen MR) is 168 cm³/mol. The molecule has 0 fully saturated rings. The Bertz CT molecular complexity index is 1370. The van der Waals surface area contributed by atoms with Gasteiger partial charge in [-0.2, -0.15) is 0 Å². The first-order valence-electron chi connectivity index (χ1n) is 14.4. The zero-order valence-corrected chi connectivity index (χ0v) is 25.7. The standard InChI is InChI=1S/C33H43N3O5S/c1-25(2)14-13-15-26(3)34-23-32(41-24-37)30(22-27-16-7-5-8-17-27)35-33(38)29-20-11-12-21-31(29)36(42(4,39)40)28-18-9-6-10-19-28/h5-12,16-21,24-26,30,32,34H,13-15,22-23H2,1-4H3,(H,35,38)/t26?,30-,32+/m0/s1. The summed E-state index contributed by atoms with van der Waals surface area (Å²) in [7, 11) is -3.79. The molecular formula is C33H43N3O5S. The number of rotatable bonds is 17. The molecule has 1 unspecified atom stereocenters. The minimum absolute atomic E-state index is 0.185. The third kappa shape index (κ3) is 9.99. The van der Waals surface area contributed by atoms with Gasteiger partial charge in [0, 0.05) is 12.6 Å². The Morgan fingerprint density at radius 2 is 1.52 bits per heavy atom. The van der Waals surface area contributed by atoms with Crippen molar-refractivity contribution in [2.75, 3.05) is 17.1 Å². The molecule has 0 aliphatic carbocycles. The number of nitrogens with zero attached hydrogens (tertiary/aromatic N) is 1. The molecule has 3 rings (SSSR count). The van der Waals surface area contributed by atoms with Crippen LogP contribution in [0.1, 0.15) is 56.0 Å². The van der Waals surface area contributed by atoms with E-state index in [0.717, 1.165) is 35.4 Å². The van der Waals surface area contributed by atoms with E-state index in [-0.39, 0.29) is 17.3 Å². The summed E-state index contributed by atoms with van der Waals surface area (Å²) in [4.78, 5) is 25.5. The Morgan fingerprint density at radius 3 is 2.14 bits per heavy atom. The van der Waals surface area contributed by atoms with Crippen molar-refractivity contribution in [1.29, 1.82) is 0 Å². The van der Waals surface area contributed by atoms with Crippen LogP contribution in [0.15, 0.2) is 84.9 Å². The molecule has 0 saturated heterocycles. The molecule has 3 atom stereocenters. The normalized spacial score (nSPS) is 13.6. The molecule has 2 N–H and O–H groups in total. The summed E-state index contributed by atoms with van der Waals surface area (Å²) < 4.78 is 32.6. The average molecular weight is 594 g/mol. The Hall–Kier alpha value is -3.69. The van der Waals surface area contributed by atoms with Crippen molar-refractivity contribution in [3.63, 3.8) is 0 Å². The summed E-state index contributed by atoms with van der Waals surface area (Å²) in [6, 6.07) is 24.5. The predicted octanol–water partition coefficient (Wildman–Crippen LogP) is 5.47. The lowest BCUT2D eigenvalue weighted by atomic mass is 9.99. The number of para-hydroxylation sites is 2. The summed E-state index contributed by atoms with van der Waals surface area (Å²) in [5.74, 6) is 0.165. The molecule has 9 heteroatoms. The number of sulfonamides is 1. The van der Waals surface area contributed by atoms with E-state index in [0.29, 0.717) is 31.0 Å². The molecule has 226 valence electrons. The van der Waals surface area contributed by atoms with Crippen molar-refractivity contribution < 1.29 is 22.7 Å². The Kier molecular flexibility index (Phi) is 12.6. The van der Waals surface area contributed by atoms with Crippen LogP contribution in [0, 0.1) is 5.92 Å². The fourth-order valence-corrected chi connectivity index (χ4v) is 5.93. The van der Waals surface area contributed by atoms with Gasteiger partial charge < -0.3 is 15.4 Å². The smallest absolute Gasteiger partial charge is 0.293 e. The maximum Gasteiger partial charge on any atom is 0.293 e. The van der Waals surface area contributed by atoms with Gasteiger partial charge in [0.1, 0.15) is 6.10 Å². The fourth-order valence-electron chi connectivity index (χ4n) is 4.91. The van der Waals surface area contributed by atoms with Crippen LogP contribution in [-0.2, 0) is 26.0 Å². The zero-order chi connectivity index (χ0) is 30.5. The van der Waals surface area contributed by atoms with Crippen molar-refractivity contribution in [2.45, 2.75) is 64.6 Å². The maximum atomic E-state index is 13.9. The molecule has 0 aliphatic rings. The minimum Gasteiger partial charge on any atom is -0.461 e. The first-order chi connectivity index (χ1) is 20.1. The second kappa shape index (κ2) is 16.1. The molecule has 0 heterocycles. The highest BCUT2D eigenvalue weighted by Crippen LogP contribution is 2.31. The van der Waals surface area contributed by atoms with Gasteiger partial charge in [0.15, 0.2) is 0 Å². The van der Waals surface area contributed by atoms with Crippen molar-refractivity contribution in [2.24, 2.45) is 5.92 Å². The lowest BCUT2D eigenvalue weighted by Gasteiger charge is -2.29. The number of amides is 1. The lowest BCUT2D eigenvalue weighted by Crippen LogP contribution is -2.51. The number of benzene rings is 3. The van der Waals surface area contributed by atoms with E-state index in [1.165, 1.54) is 0 Å². The third-order valence-corrected chi connectivity index (χ3v) is 8.14. The molecular weight excluding hydrogens is 550 g/mol. The number of hydrogen-bond donors (Lipinski definition) is 2. The second-order valence-electron chi connectivity index (χ2n) is 11.1. The van der Waals surface area contributed by atoms with Gasteiger partial charge in [-0.15, -0.1) is 0 Å². The van der Waals surface area contributed by atoms with E-state index in [4.69, 9.17) is 4.74 Å². The van der Waals surface area contributed by atoms with Crippen LogP contribution in [0.5, 0.6) is 0 Å². The van der Waals surface area contributed by atoms with Gasteiger partial charge in [-0.05, 0) is 55.5 Å². The topological polar surface area (TPSA) is 105 Å². The highest BCUT2D eigenvalue weighted by atomic mass is 32.2. The van der Waals surface area contributed by atoms with Crippen LogP contribution < -0.4 is 14.9 Å². The number of hydrogen-bond acceptors (Lipinski definition) is 6. The van der Waals surface area contributed by atoms with Gasteiger partial charge in [-0.3, -0.25) is 9.59 Å². The third-order valence-electron chi connectivity index (χ3n) is 7.07. The molecule has 0 radical (unpaired) electrons. The Morgan fingerprint density at radius 1 is 0.905 bits per heavy atom. The zero-order valence-electron chi connectivity index (χ0n) is 24.9. The van der Waals surface area contributed by atoms with Gasteiger partial charge in [-0.25, -0.2) is 12.7 Å². The van der Waals surface area contributed by atoms with E-state index >= 15 is 0 Å². The molecule has 0 bridgehead atoms. The SMILES string of the molecule is CC(C)CCCC(C)NC[C@@H](OC=O)[C@H](Cc1ccccc1)NC(=O)c1ccccc1N(c1ccccc1)S(C)(=O)=O. The van der Waals surface area contributed by atoms with Gasteiger partial charge in [0.25, 0.3) is 12.4 Å². The van der Waals surface area contributed by atoms with Crippen LogP contribution in [-0.4, -0.2) is 51.8 Å². The summed E-state index contributed by atoms with van der Waals surface area (Å²) in [5, 5.41) is 6.53. The molecule has 0 saturated carbocycles. The highest BCUT2D eigenvalue weighted by molar-refractivity contribution is 7.92. The second-order valence-corrected chi connectivity index (χ2v) is 12.9. The number of anilines is 2. The molecule has 0 aromatic heterocycles. The van der Waals surface area contributed by atoms with Crippen molar-refractivity contribution in [3.05, 3.63) is 96.1 Å². The first kappa shape index (κ1) is 32.8. The van der Waals surface area contributed by atoms with E-state index in [2.05, 4.69) is 31.4 Å². The van der Waals surface area contributed by atoms with Crippen molar-refractivity contribution in [3.8, 4) is 0 Å². The van der Waals surface area contributed by atoms with Crippen LogP contribution in [0.4, 0.5) is 11.4 Å². The van der Waals surface area contributed by atoms with E-state index in [9.17, 15) is 18.0 Å². The summed E-state index contributed by atoms with van der Waals surface area (Å²) in [5.41, 5.74) is 1.79. The first-order valence-corrected chi connectivity index (χ1v) is 16.3. The molecule has 3 aromatic carbocycles. The van der Waals surface area contributed by atoms with Gasteiger partial charge in [0.05, 0.1) is 29.2 Å². The van der Waals surface area contributed by atoms with Gasteiger partial charge in [0.2, 0.25) is 10.0 Å². The quantitative estimate of drug-likeness (QED) is 0.201. The van der Waals surface area contributed by atoms with Gasteiger partial charge in [-0.1, -0.05) is 87.4 Å². The lowest BCUT2D eigenvalue weighted by molar-refractivity contribution is -0.134. The minimum atomic E-state index is -3.79. The number of ether oxygens (including phenoxy) is 1. The highest BCUT2D eigenvalue weighted by Gasteiger charge is 2.29. The summed E-state index contributed by atoms with van der Waals surface area (Å²) >= 11 is 0. The monoisotopic (exact) mass is 593 g/mol. The van der Waals surface area contributed by atoms with Crippen molar-refractivity contribution >= 4 is 33.8 Å². The Labute approximate surface area is 250 Å². The molecule has 0 aliphatic heterocycles. The van der Waals surface area contributed by atoms with Crippen LogP contribution >= 0.6 is 0 Å². The molecule has 0 spiro atoms. The molecule has 1 amide bonds. The number of nitrogens with one attached hydrogen (secondary N) is 2. The van der Waals surface area contributed by atoms with Gasteiger partial charge >= 0.3 is 0 Å². The van der Waals surface area contributed by atoms with Crippen LogP contribution in [0.25, 0.3) is 0 Å². The largest absolute Gasteiger partial charge is 0.461 e. The number of carbonyl (C=O) groups is 2. The summed E-state index contributed by atoms with van der Waals surface area (Å²) in [6.07, 6.45) is 4.06. The molecule has 42 heavy (non-hydrogen) atoms. The molecule has 8 nitrogen and oxygen atoms in total. The van der Waals surface area contributed by atoms with Crippen LogP contribution in [0.2, 0.25) is 0 Å². The van der Waals surface area contributed by atoms with E-state index in [1.54, 1.807) is 54.6 Å². The fraction of sp³-hybridized carbons (Fsp3) is 0.394. The van der Waals surface area contributed by atoms with E-state index in [1.807, 2.05) is 30.3 Å². The van der Waals surface area contributed by atoms with E-state index < -0.39 is 28.1 Å². The average Bonchev–Trinajstić information content (AvgIpc) is 2.95. The summed E-state index contributed by atoms with van der Waals surface area (Å²) in [6.45, 7) is 7.27. The maximum absolute atomic E-state index is 13.9. The van der Waals surface area contributed by atoms with Crippen molar-refractivity contribution in [1.82, 2.24) is 10.6 Å². The number of carbonyl (C=O) groups excluding carboxylic acids is 2. The van der Waals surface area contributed by atoms with Crippen LogP contribution in [0.3, 0.4) is 0 Å². The molecule has 3 aromatic rings. The Balaban J connectivity index is 1.90.